The zero-order chi connectivity index (χ0) is 13.5. The highest BCUT2D eigenvalue weighted by Gasteiger charge is 2.05. The molecule has 0 saturated carbocycles. The Hall–Kier alpha value is -2.62. The lowest BCUT2D eigenvalue weighted by molar-refractivity contribution is -0.116. The van der Waals surface area contributed by atoms with E-state index in [1.807, 2.05) is 36.4 Å². The van der Waals surface area contributed by atoms with Crippen LogP contribution in [0.25, 0.3) is 0 Å². The second kappa shape index (κ2) is 6.35. The van der Waals surface area contributed by atoms with Crippen LogP contribution in [-0.2, 0) is 11.3 Å². The highest BCUT2D eigenvalue weighted by molar-refractivity contribution is 5.86. The van der Waals surface area contributed by atoms with Gasteiger partial charge in [-0.2, -0.15) is 0 Å². The molecule has 0 unspecified atom stereocenters. The zero-order valence-corrected chi connectivity index (χ0v) is 10.4. The predicted molar refractivity (Wildman–Crippen MR) is 72.8 cm³/mol. The highest BCUT2D eigenvalue weighted by Crippen LogP contribution is 2.23. The van der Waals surface area contributed by atoms with Crippen molar-refractivity contribution in [1.82, 2.24) is 10.3 Å². The quantitative estimate of drug-likeness (QED) is 0.834. The molecule has 1 aromatic carbocycles. The minimum absolute atomic E-state index is 0.215. The first kappa shape index (κ1) is 12.8. The monoisotopic (exact) mass is 254 g/mol. The molecule has 0 radical (unpaired) electrons. The molecule has 0 spiro atoms. The standard InChI is InChI=1S/C15H14N2O2/c1-2-14(18)17-11-12-7-3-4-8-13(12)19-15-9-5-6-10-16-15/h2-10H,1,11H2,(H,17,18). The minimum Gasteiger partial charge on any atom is -0.439 e. The van der Waals surface area contributed by atoms with Crippen LogP contribution in [0.3, 0.4) is 0 Å². The van der Waals surface area contributed by atoms with Crippen LogP contribution in [0.2, 0.25) is 0 Å². The Balaban J connectivity index is 2.12. The van der Waals surface area contributed by atoms with Crippen molar-refractivity contribution in [1.29, 1.82) is 0 Å². The molecule has 0 fully saturated rings. The van der Waals surface area contributed by atoms with Crippen molar-refractivity contribution in [3.8, 4) is 11.6 Å². The molecule has 0 atom stereocenters. The molecule has 1 aromatic heterocycles. The molecule has 2 aromatic rings. The van der Waals surface area contributed by atoms with Crippen molar-refractivity contribution in [3.05, 3.63) is 66.9 Å². The fourth-order valence-electron chi connectivity index (χ4n) is 1.52. The molecule has 96 valence electrons. The molecule has 2 rings (SSSR count). The van der Waals surface area contributed by atoms with Crippen molar-refractivity contribution in [2.24, 2.45) is 0 Å². The SMILES string of the molecule is C=CC(=O)NCc1ccccc1Oc1ccccn1. The van der Waals surface area contributed by atoms with Crippen LogP contribution in [0.4, 0.5) is 0 Å². The van der Waals surface area contributed by atoms with Gasteiger partial charge in [-0.3, -0.25) is 4.79 Å². The second-order valence-electron chi connectivity index (χ2n) is 3.80. The molecule has 1 heterocycles. The summed E-state index contributed by atoms with van der Waals surface area (Å²) in [5.74, 6) is 0.975. The van der Waals surface area contributed by atoms with Crippen LogP contribution in [0, 0.1) is 0 Å². The number of carbonyl (C=O) groups is 1. The van der Waals surface area contributed by atoms with Crippen molar-refractivity contribution < 1.29 is 9.53 Å². The summed E-state index contributed by atoms with van der Waals surface area (Å²) in [5, 5.41) is 2.72. The Bertz CT molecular complexity index is 567. The summed E-state index contributed by atoms with van der Waals surface area (Å²) >= 11 is 0. The summed E-state index contributed by atoms with van der Waals surface area (Å²) in [6.07, 6.45) is 2.90. The number of amides is 1. The van der Waals surface area contributed by atoms with Crippen LogP contribution in [0.5, 0.6) is 11.6 Å². The first-order valence-electron chi connectivity index (χ1n) is 5.86. The number of hydrogen-bond acceptors (Lipinski definition) is 3. The maximum atomic E-state index is 11.2. The molecule has 0 bridgehead atoms. The van der Waals surface area contributed by atoms with Crippen molar-refractivity contribution in [3.63, 3.8) is 0 Å². The average molecular weight is 254 g/mol. The van der Waals surface area contributed by atoms with Gasteiger partial charge in [0.15, 0.2) is 0 Å². The van der Waals surface area contributed by atoms with E-state index in [4.69, 9.17) is 4.74 Å². The molecular formula is C15H14N2O2. The molecule has 4 heteroatoms. The summed E-state index contributed by atoms with van der Waals surface area (Å²) in [6.45, 7) is 3.79. The van der Waals surface area contributed by atoms with Gasteiger partial charge in [0.1, 0.15) is 5.75 Å². The fraction of sp³-hybridized carbons (Fsp3) is 0.0667. The van der Waals surface area contributed by atoms with Gasteiger partial charge in [-0.1, -0.05) is 30.8 Å². The number of hydrogen-bond donors (Lipinski definition) is 1. The third-order valence-corrected chi connectivity index (χ3v) is 2.46. The number of rotatable bonds is 5. The van der Waals surface area contributed by atoms with Gasteiger partial charge in [0.05, 0.1) is 0 Å². The number of carbonyl (C=O) groups excluding carboxylic acids is 1. The van der Waals surface area contributed by atoms with Gasteiger partial charge in [-0.05, 0) is 18.2 Å². The molecule has 0 aliphatic carbocycles. The van der Waals surface area contributed by atoms with Gasteiger partial charge in [0.25, 0.3) is 0 Å². The first-order valence-corrected chi connectivity index (χ1v) is 5.86. The number of nitrogens with one attached hydrogen (secondary N) is 1. The largest absolute Gasteiger partial charge is 0.439 e. The van der Waals surface area contributed by atoms with Crippen LogP contribution in [-0.4, -0.2) is 10.9 Å². The van der Waals surface area contributed by atoms with Crippen LogP contribution < -0.4 is 10.1 Å². The molecule has 0 aliphatic rings. The Labute approximate surface area is 111 Å². The molecule has 0 saturated heterocycles. The lowest BCUT2D eigenvalue weighted by Crippen LogP contribution is -2.20. The van der Waals surface area contributed by atoms with Crippen LogP contribution in [0.1, 0.15) is 5.56 Å². The van der Waals surface area contributed by atoms with E-state index in [-0.39, 0.29) is 5.91 Å². The van der Waals surface area contributed by atoms with Crippen LogP contribution >= 0.6 is 0 Å². The fourth-order valence-corrected chi connectivity index (χ4v) is 1.52. The third-order valence-electron chi connectivity index (χ3n) is 2.46. The highest BCUT2D eigenvalue weighted by atomic mass is 16.5. The zero-order valence-electron chi connectivity index (χ0n) is 10.4. The molecule has 0 aliphatic heterocycles. The van der Waals surface area contributed by atoms with E-state index in [9.17, 15) is 4.79 Å². The lowest BCUT2D eigenvalue weighted by atomic mass is 10.2. The Morgan fingerprint density at radius 1 is 1.26 bits per heavy atom. The number of pyridine rings is 1. The molecule has 1 N–H and O–H groups in total. The number of benzene rings is 1. The summed E-state index contributed by atoms with van der Waals surface area (Å²) in [4.78, 5) is 15.3. The smallest absolute Gasteiger partial charge is 0.243 e. The van der Waals surface area contributed by atoms with Gasteiger partial charge in [-0.15, -0.1) is 0 Å². The van der Waals surface area contributed by atoms with E-state index < -0.39 is 0 Å². The first-order chi connectivity index (χ1) is 9.29. The summed E-state index contributed by atoms with van der Waals surface area (Å²) < 4.78 is 5.69. The topological polar surface area (TPSA) is 51.2 Å². The molecular weight excluding hydrogens is 240 g/mol. The van der Waals surface area contributed by atoms with Crippen molar-refractivity contribution >= 4 is 5.91 Å². The normalized spacial score (nSPS) is 9.68. The Morgan fingerprint density at radius 3 is 2.79 bits per heavy atom. The average Bonchev–Trinajstić information content (AvgIpc) is 2.47. The van der Waals surface area contributed by atoms with Crippen molar-refractivity contribution in [2.45, 2.75) is 6.54 Å². The number of para-hydroxylation sites is 1. The summed E-state index contributed by atoms with van der Waals surface area (Å²) in [5.41, 5.74) is 0.878. The van der Waals surface area contributed by atoms with Gasteiger partial charge >= 0.3 is 0 Å². The van der Waals surface area contributed by atoms with E-state index in [2.05, 4.69) is 16.9 Å². The molecule has 19 heavy (non-hydrogen) atoms. The van der Waals surface area contributed by atoms with E-state index in [0.29, 0.717) is 18.2 Å². The van der Waals surface area contributed by atoms with Gasteiger partial charge in [0, 0.05) is 24.4 Å². The van der Waals surface area contributed by atoms with Gasteiger partial charge < -0.3 is 10.1 Å². The minimum atomic E-state index is -0.215. The van der Waals surface area contributed by atoms with Crippen LogP contribution in [0.15, 0.2) is 61.3 Å². The van der Waals surface area contributed by atoms with E-state index in [0.717, 1.165) is 5.56 Å². The van der Waals surface area contributed by atoms with E-state index in [1.54, 1.807) is 12.3 Å². The Kier molecular flexibility index (Phi) is 4.29. The van der Waals surface area contributed by atoms with E-state index >= 15 is 0 Å². The third kappa shape index (κ3) is 3.67. The molecule has 1 amide bonds. The predicted octanol–water partition coefficient (Wildman–Crippen LogP) is 2.68. The lowest BCUT2D eigenvalue weighted by Gasteiger charge is -2.10. The summed E-state index contributed by atoms with van der Waals surface area (Å²) in [7, 11) is 0. The van der Waals surface area contributed by atoms with Gasteiger partial charge in [-0.25, -0.2) is 4.98 Å². The number of nitrogens with zero attached hydrogens (tertiary/aromatic N) is 1. The maximum Gasteiger partial charge on any atom is 0.243 e. The molecule has 4 nitrogen and oxygen atoms in total. The maximum absolute atomic E-state index is 11.2. The second-order valence-corrected chi connectivity index (χ2v) is 3.80. The Morgan fingerprint density at radius 2 is 2.05 bits per heavy atom. The van der Waals surface area contributed by atoms with Crippen molar-refractivity contribution in [2.75, 3.05) is 0 Å². The van der Waals surface area contributed by atoms with Gasteiger partial charge in [0.2, 0.25) is 11.8 Å². The number of aromatic nitrogens is 1. The van der Waals surface area contributed by atoms with E-state index in [1.165, 1.54) is 6.08 Å². The number of ether oxygens (including phenoxy) is 1. The summed E-state index contributed by atoms with van der Waals surface area (Å²) in [6, 6.07) is 12.9.